The Morgan fingerprint density at radius 1 is 1.27 bits per heavy atom. The summed E-state index contributed by atoms with van der Waals surface area (Å²) in [6.45, 7) is 0. The number of benzene rings is 1. The molecule has 0 spiro atoms. The van der Waals surface area contributed by atoms with Crippen LogP contribution in [-0.2, 0) is 0 Å². The highest BCUT2D eigenvalue weighted by Gasteiger charge is 2.03. The molecule has 0 heterocycles. The van der Waals surface area contributed by atoms with Gasteiger partial charge in [0, 0.05) is 10.7 Å². The van der Waals surface area contributed by atoms with Crippen LogP contribution in [0.15, 0.2) is 30.3 Å². The predicted octanol–water partition coefficient (Wildman–Crippen LogP) is 3.75. The number of rotatable bonds is 3. The van der Waals surface area contributed by atoms with E-state index < -0.39 is 0 Å². The van der Waals surface area contributed by atoms with Crippen LogP contribution in [0.4, 0.5) is 0 Å². The van der Waals surface area contributed by atoms with Gasteiger partial charge in [-0.15, -0.1) is 11.6 Å². The van der Waals surface area contributed by atoms with Crippen LogP contribution in [0.25, 0.3) is 0 Å². The van der Waals surface area contributed by atoms with Crippen LogP contribution in [0, 0.1) is 0 Å². The molecule has 0 N–H and O–H groups in total. The predicted molar refractivity (Wildman–Crippen MR) is 53.4 cm³/mol. The highest BCUT2D eigenvalue weighted by atomic mass is 79.9. The van der Waals surface area contributed by atoms with E-state index in [9.17, 15) is 0 Å². The minimum Gasteiger partial charge on any atom is -0.127 e. The molecule has 1 aromatic rings. The molecule has 0 saturated heterocycles. The maximum Gasteiger partial charge on any atom is 0.0406 e. The lowest BCUT2D eigenvalue weighted by Gasteiger charge is -2.06. The number of hydrogen-bond donors (Lipinski definition) is 0. The second-order valence-electron chi connectivity index (χ2n) is 2.36. The molecule has 0 aliphatic rings. The van der Waals surface area contributed by atoms with Gasteiger partial charge in [0.25, 0.3) is 0 Å². The smallest absolute Gasteiger partial charge is 0.0406 e. The van der Waals surface area contributed by atoms with E-state index in [4.69, 9.17) is 11.6 Å². The first-order valence-electron chi connectivity index (χ1n) is 3.59. The third-order valence-corrected chi connectivity index (χ3v) is 2.73. The lowest BCUT2D eigenvalue weighted by Crippen LogP contribution is -1.89. The van der Waals surface area contributed by atoms with Crippen LogP contribution in [0.3, 0.4) is 0 Å². The largest absolute Gasteiger partial charge is 0.127 e. The number of hydrogen-bond acceptors (Lipinski definition) is 0. The Labute approximate surface area is 80.7 Å². The average Bonchev–Trinajstić information content (AvgIpc) is 2.07. The monoisotopic (exact) mass is 232 g/mol. The Kier molecular flexibility index (Phi) is 3.95. The van der Waals surface area contributed by atoms with Crippen molar-refractivity contribution in [1.82, 2.24) is 0 Å². The van der Waals surface area contributed by atoms with Crippen molar-refractivity contribution in [3.05, 3.63) is 35.9 Å². The van der Waals surface area contributed by atoms with Crippen molar-refractivity contribution in [3.8, 4) is 0 Å². The van der Waals surface area contributed by atoms with E-state index in [1.165, 1.54) is 5.56 Å². The average molecular weight is 234 g/mol. The summed E-state index contributed by atoms with van der Waals surface area (Å²) in [7, 11) is 0. The molecule has 0 unspecified atom stereocenters. The van der Waals surface area contributed by atoms with Crippen molar-refractivity contribution in [2.45, 2.75) is 11.2 Å². The molecule has 0 bridgehead atoms. The summed E-state index contributed by atoms with van der Waals surface area (Å²) < 4.78 is 0. The van der Waals surface area contributed by atoms with Gasteiger partial charge in [0.2, 0.25) is 0 Å². The fourth-order valence-electron chi connectivity index (χ4n) is 0.924. The molecular formula is C9H10BrCl. The van der Waals surface area contributed by atoms with Gasteiger partial charge in [0.05, 0.1) is 0 Å². The first-order chi connectivity index (χ1) is 5.34. The molecule has 1 rings (SSSR count). The lowest BCUT2D eigenvalue weighted by atomic mass is 10.1. The molecule has 0 aliphatic carbocycles. The fraction of sp³-hybridized carbons (Fsp3) is 0.333. The van der Waals surface area contributed by atoms with Gasteiger partial charge < -0.3 is 0 Å². The van der Waals surface area contributed by atoms with Crippen molar-refractivity contribution in [2.24, 2.45) is 0 Å². The summed E-state index contributed by atoms with van der Waals surface area (Å²) in [5, 5.41) is 0. The molecule has 0 aromatic heterocycles. The van der Waals surface area contributed by atoms with Gasteiger partial charge in [0.1, 0.15) is 0 Å². The van der Waals surface area contributed by atoms with Gasteiger partial charge in [-0.3, -0.25) is 0 Å². The summed E-state index contributed by atoms with van der Waals surface area (Å²) in [6, 6.07) is 10.3. The minimum atomic E-state index is 0.404. The van der Waals surface area contributed by atoms with E-state index in [-0.39, 0.29) is 0 Å². The molecule has 0 nitrogen and oxygen atoms in total. The molecule has 1 aromatic carbocycles. The van der Waals surface area contributed by atoms with Gasteiger partial charge in [-0.05, 0) is 12.0 Å². The van der Waals surface area contributed by atoms with Gasteiger partial charge in [0.15, 0.2) is 0 Å². The number of alkyl halides is 2. The topological polar surface area (TPSA) is 0 Å². The minimum absolute atomic E-state index is 0.404. The molecular weight excluding hydrogens is 223 g/mol. The van der Waals surface area contributed by atoms with E-state index in [1.807, 2.05) is 18.2 Å². The van der Waals surface area contributed by atoms with Crippen LogP contribution < -0.4 is 0 Å². The van der Waals surface area contributed by atoms with E-state index >= 15 is 0 Å². The van der Waals surface area contributed by atoms with E-state index in [2.05, 4.69) is 28.1 Å². The fourth-order valence-corrected chi connectivity index (χ4v) is 1.94. The molecule has 0 saturated carbocycles. The highest BCUT2D eigenvalue weighted by molar-refractivity contribution is 9.09. The standard InChI is InChI=1S/C9H10BrCl/c10-9(6-7-11)8-4-2-1-3-5-8/h1-5,9H,6-7H2/t9-/m1/s1. The van der Waals surface area contributed by atoms with E-state index in [0.717, 1.165) is 6.42 Å². The second kappa shape index (κ2) is 4.78. The third-order valence-electron chi connectivity index (χ3n) is 1.52. The van der Waals surface area contributed by atoms with Crippen LogP contribution in [0.5, 0.6) is 0 Å². The van der Waals surface area contributed by atoms with E-state index in [1.54, 1.807) is 0 Å². The molecule has 0 amide bonds. The van der Waals surface area contributed by atoms with Gasteiger partial charge in [-0.25, -0.2) is 0 Å². The maximum absolute atomic E-state index is 5.62. The van der Waals surface area contributed by atoms with Crippen molar-refractivity contribution in [1.29, 1.82) is 0 Å². The molecule has 11 heavy (non-hydrogen) atoms. The number of halogens is 2. The summed E-state index contributed by atoms with van der Waals surface area (Å²) in [6.07, 6.45) is 0.978. The van der Waals surface area contributed by atoms with Gasteiger partial charge in [-0.2, -0.15) is 0 Å². The van der Waals surface area contributed by atoms with Crippen molar-refractivity contribution in [2.75, 3.05) is 5.88 Å². The SMILES string of the molecule is ClCC[C@@H](Br)c1ccccc1. The summed E-state index contributed by atoms with van der Waals surface area (Å²) in [5.74, 6) is 0.699. The zero-order valence-electron chi connectivity index (χ0n) is 6.13. The first kappa shape index (κ1) is 9.08. The Balaban J connectivity index is 2.61. The zero-order chi connectivity index (χ0) is 8.10. The molecule has 0 radical (unpaired) electrons. The normalized spacial score (nSPS) is 12.9. The molecule has 1 atom stereocenters. The van der Waals surface area contributed by atoms with Gasteiger partial charge >= 0.3 is 0 Å². The molecule has 60 valence electrons. The van der Waals surface area contributed by atoms with Crippen molar-refractivity contribution in [3.63, 3.8) is 0 Å². The van der Waals surface area contributed by atoms with Crippen molar-refractivity contribution < 1.29 is 0 Å². The molecule has 2 heteroatoms. The zero-order valence-corrected chi connectivity index (χ0v) is 8.48. The van der Waals surface area contributed by atoms with Crippen LogP contribution in [-0.4, -0.2) is 5.88 Å². The van der Waals surface area contributed by atoms with Crippen LogP contribution in [0.2, 0.25) is 0 Å². The van der Waals surface area contributed by atoms with Gasteiger partial charge in [-0.1, -0.05) is 46.3 Å². The first-order valence-corrected chi connectivity index (χ1v) is 5.04. The van der Waals surface area contributed by atoms with Crippen molar-refractivity contribution >= 4 is 27.5 Å². The summed E-state index contributed by atoms with van der Waals surface area (Å²) >= 11 is 9.18. The summed E-state index contributed by atoms with van der Waals surface area (Å²) in [4.78, 5) is 0.404. The maximum atomic E-state index is 5.62. The Morgan fingerprint density at radius 3 is 2.45 bits per heavy atom. The lowest BCUT2D eigenvalue weighted by molar-refractivity contribution is 0.918. The Bertz CT molecular complexity index is 198. The summed E-state index contributed by atoms with van der Waals surface area (Å²) in [5.41, 5.74) is 1.30. The Morgan fingerprint density at radius 2 is 1.91 bits per heavy atom. The molecule has 0 aliphatic heterocycles. The van der Waals surface area contributed by atoms with Crippen LogP contribution in [0.1, 0.15) is 16.8 Å². The third kappa shape index (κ3) is 2.84. The molecule has 0 fully saturated rings. The Hall–Kier alpha value is -0.0100. The second-order valence-corrected chi connectivity index (χ2v) is 3.84. The van der Waals surface area contributed by atoms with E-state index in [0.29, 0.717) is 10.7 Å². The quantitative estimate of drug-likeness (QED) is 0.698. The highest BCUT2D eigenvalue weighted by Crippen LogP contribution is 2.25. The van der Waals surface area contributed by atoms with Crippen LogP contribution >= 0.6 is 27.5 Å².